The molecule has 1 rings (SSSR count). The number of carbonyl (C=O) groups is 2. The predicted octanol–water partition coefficient (Wildman–Crippen LogP) is 1.34. The summed E-state index contributed by atoms with van der Waals surface area (Å²) in [5, 5.41) is 10.1. The summed E-state index contributed by atoms with van der Waals surface area (Å²) in [7, 11) is 0. The number of aliphatic hydroxyl groups is 1. The molecule has 2 unspecified atom stereocenters. The molecule has 5 heteroatoms. The van der Waals surface area contributed by atoms with E-state index in [0.717, 1.165) is 12.8 Å². The van der Waals surface area contributed by atoms with Crippen LogP contribution in [0.1, 0.15) is 47.0 Å². The zero-order valence-electron chi connectivity index (χ0n) is 12.3. The first kappa shape index (κ1) is 16.0. The first-order valence-electron chi connectivity index (χ1n) is 6.94. The molecule has 2 atom stereocenters. The number of carbonyl (C=O) groups excluding carboxylic acids is 2. The minimum Gasteiger partial charge on any atom is -0.464 e. The topological polar surface area (TPSA) is 66.8 Å². The Hall–Kier alpha value is -1.10. The second-order valence-corrected chi connectivity index (χ2v) is 6.06. The SMILES string of the molecule is CCOC(=O)C1CCCCN1C(=O)C(O)C(C)(C)C. The van der Waals surface area contributed by atoms with E-state index in [1.807, 2.05) is 0 Å². The molecular formula is C14H25NO4. The molecule has 1 fully saturated rings. The number of esters is 1. The van der Waals surface area contributed by atoms with Gasteiger partial charge in [0.05, 0.1) is 6.61 Å². The first-order valence-corrected chi connectivity index (χ1v) is 6.94. The minimum absolute atomic E-state index is 0.305. The lowest BCUT2D eigenvalue weighted by Gasteiger charge is -2.37. The largest absolute Gasteiger partial charge is 0.464 e. The average Bonchev–Trinajstić information content (AvgIpc) is 2.36. The van der Waals surface area contributed by atoms with Gasteiger partial charge in [0.1, 0.15) is 12.1 Å². The lowest BCUT2D eigenvalue weighted by atomic mass is 9.87. The predicted molar refractivity (Wildman–Crippen MR) is 71.4 cm³/mol. The van der Waals surface area contributed by atoms with E-state index < -0.39 is 17.6 Å². The molecule has 1 saturated heterocycles. The smallest absolute Gasteiger partial charge is 0.328 e. The van der Waals surface area contributed by atoms with Crippen LogP contribution < -0.4 is 0 Å². The second-order valence-electron chi connectivity index (χ2n) is 6.06. The Labute approximate surface area is 114 Å². The van der Waals surface area contributed by atoms with Crippen molar-refractivity contribution in [3.05, 3.63) is 0 Å². The van der Waals surface area contributed by atoms with Crippen molar-refractivity contribution in [2.45, 2.75) is 59.1 Å². The van der Waals surface area contributed by atoms with Crippen molar-refractivity contribution in [2.75, 3.05) is 13.2 Å². The Morgan fingerprint density at radius 1 is 1.37 bits per heavy atom. The number of piperidine rings is 1. The highest BCUT2D eigenvalue weighted by Crippen LogP contribution is 2.25. The third-order valence-electron chi connectivity index (χ3n) is 3.40. The van der Waals surface area contributed by atoms with Gasteiger partial charge in [0.2, 0.25) is 0 Å². The molecule has 110 valence electrons. The van der Waals surface area contributed by atoms with Gasteiger partial charge >= 0.3 is 5.97 Å². The highest BCUT2D eigenvalue weighted by Gasteiger charge is 2.39. The van der Waals surface area contributed by atoms with E-state index in [1.54, 1.807) is 27.7 Å². The molecule has 0 aromatic carbocycles. The number of hydrogen-bond donors (Lipinski definition) is 1. The molecule has 1 aliphatic rings. The molecule has 1 heterocycles. The Morgan fingerprint density at radius 3 is 2.53 bits per heavy atom. The molecule has 0 aromatic rings. The van der Waals surface area contributed by atoms with Gasteiger partial charge in [0, 0.05) is 6.54 Å². The van der Waals surface area contributed by atoms with E-state index in [2.05, 4.69) is 0 Å². The highest BCUT2D eigenvalue weighted by molar-refractivity contribution is 5.87. The molecule has 0 saturated carbocycles. The number of ether oxygens (including phenoxy) is 1. The van der Waals surface area contributed by atoms with Gasteiger partial charge in [0.15, 0.2) is 0 Å². The number of rotatable bonds is 3. The van der Waals surface area contributed by atoms with Crippen LogP contribution in [-0.4, -0.2) is 47.2 Å². The summed E-state index contributed by atoms with van der Waals surface area (Å²) < 4.78 is 5.01. The zero-order valence-corrected chi connectivity index (χ0v) is 12.3. The first-order chi connectivity index (χ1) is 8.79. The van der Waals surface area contributed by atoms with Gasteiger partial charge in [-0.15, -0.1) is 0 Å². The van der Waals surface area contributed by atoms with Gasteiger partial charge < -0.3 is 14.7 Å². The molecule has 5 nitrogen and oxygen atoms in total. The van der Waals surface area contributed by atoms with Gasteiger partial charge in [-0.3, -0.25) is 4.79 Å². The van der Waals surface area contributed by atoms with Crippen molar-refractivity contribution in [3.63, 3.8) is 0 Å². The van der Waals surface area contributed by atoms with E-state index in [0.29, 0.717) is 19.6 Å². The molecule has 19 heavy (non-hydrogen) atoms. The van der Waals surface area contributed by atoms with E-state index >= 15 is 0 Å². The zero-order chi connectivity index (χ0) is 14.6. The lowest BCUT2D eigenvalue weighted by Crippen LogP contribution is -2.54. The number of hydrogen-bond acceptors (Lipinski definition) is 4. The number of likely N-dealkylation sites (tertiary alicyclic amines) is 1. The van der Waals surface area contributed by atoms with Gasteiger partial charge in [-0.05, 0) is 31.6 Å². The normalized spacial score (nSPS) is 21.9. The monoisotopic (exact) mass is 271 g/mol. The maximum Gasteiger partial charge on any atom is 0.328 e. The van der Waals surface area contributed by atoms with E-state index in [9.17, 15) is 14.7 Å². The number of amides is 1. The minimum atomic E-state index is -1.09. The quantitative estimate of drug-likeness (QED) is 0.787. The van der Waals surface area contributed by atoms with E-state index in [4.69, 9.17) is 4.74 Å². The summed E-state index contributed by atoms with van der Waals surface area (Å²) in [6.45, 7) is 7.97. The average molecular weight is 271 g/mol. The fourth-order valence-electron chi connectivity index (χ4n) is 2.21. The number of nitrogens with zero attached hydrogens (tertiary/aromatic N) is 1. The van der Waals surface area contributed by atoms with Gasteiger partial charge in [0.25, 0.3) is 5.91 Å². The van der Waals surface area contributed by atoms with Crippen LogP contribution in [0, 0.1) is 5.41 Å². The molecular weight excluding hydrogens is 246 g/mol. The molecule has 1 amide bonds. The Kier molecular flexibility index (Phi) is 5.35. The molecule has 0 bridgehead atoms. The summed E-state index contributed by atoms with van der Waals surface area (Å²) in [5.41, 5.74) is -0.534. The maximum absolute atomic E-state index is 12.3. The van der Waals surface area contributed by atoms with Crippen molar-refractivity contribution >= 4 is 11.9 Å². The van der Waals surface area contributed by atoms with Crippen molar-refractivity contribution < 1.29 is 19.4 Å². The Bertz CT molecular complexity index is 335. The van der Waals surface area contributed by atoms with Crippen LogP contribution in [-0.2, 0) is 14.3 Å². The molecule has 0 aromatic heterocycles. The van der Waals surface area contributed by atoms with Crippen LogP contribution in [0.15, 0.2) is 0 Å². The standard InChI is InChI=1S/C14H25NO4/c1-5-19-13(18)10-8-6-7-9-15(10)12(17)11(16)14(2,3)4/h10-11,16H,5-9H2,1-4H3. The molecule has 0 spiro atoms. The fraction of sp³-hybridized carbons (Fsp3) is 0.857. The van der Waals surface area contributed by atoms with Gasteiger partial charge in [-0.2, -0.15) is 0 Å². The summed E-state index contributed by atoms with van der Waals surface area (Å²) in [6, 6.07) is -0.543. The fourth-order valence-corrected chi connectivity index (χ4v) is 2.21. The van der Waals surface area contributed by atoms with Crippen LogP contribution in [0.4, 0.5) is 0 Å². The van der Waals surface area contributed by atoms with Crippen LogP contribution in [0.25, 0.3) is 0 Å². The third-order valence-corrected chi connectivity index (χ3v) is 3.40. The van der Waals surface area contributed by atoms with Crippen LogP contribution >= 0.6 is 0 Å². The summed E-state index contributed by atoms with van der Waals surface area (Å²) >= 11 is 0. The van der Waals surface area contributed by atoms with Crippen molar-refractivity contribution in [1.82, 2.24) is 4.90 Å². The van der Waals surface area contributed by atoms with E-state index in [-0.39, 0.29) is 11.9 Å². The maximum atomic E-state index is 12.3. The van der Waals surface area contributed by atoms with Crippen LogP contribution in [0.2, 0.25) is 0 Å². The van der Waals surface area contributed by atoms with Crippen LogP contribution in [0.3, 0.4) is 0 Å². The van der Waals surface area contributed by atoms with Crippen LogP contribution in [0.5, 0.6) is 0 Å². The third kappa shape index (κ3) is 3.93. The molecule has 1 N–H and O–H groups in total. The Balaban J connectivity index is 2.82. The molecule has 0 radical (unpaired) electrons. The molecule has 0 aliphatic carbocycles. The van der Waals surface area contributed by atoms with E-state index in [1.165, 1.54) is 4.90 Å². The number of aliphatic hydroxyl groups excluding tert-OH is 1. The van der Waals surface area contributed by atoms with Gasteiger partial charge in [-0.25, -0.2) is 4.79 Å². The summed E-state index contributed by atoms with van der Waals surface area (Å²) in [4.78, 5) is 25.7. The second kappa shape index (κ2) is 6.37. The summed E-state index contributed by atoms with van der Waals surface area (Å²) in [6.07, 6.45) is 1.28. The van der Waals surface area contributed by atoms with Crippen molar-refractivity contribution in [3.8, 4) is 0 Å². The van der Waals surface area contributed by atoms with Crippen molar-refractivity contribution in [1.29, 1.82) is 0 Å². The molecule has 1 aliphatic heterocycles. The Morgan fingerprint density at radius 2 is 2.00 bits per heavy atom. The van der Waals surface area contributed by atoms with Crippen molar-refractivity contribution in [2.24, 2.45) is 5.41 Å². The summed E-state index contributed by atoms with van der Waals surface area (Å²) in [5.74, 6) is -0.734. The lowest BCUT2D eigenvalue weighted by molar-refractivity contribution is -0.162. The van der Waals surface area contributed by atoms with Gasteiger partial charge in [-0.1, -0.05) is 20.8 Å². The highest BCUT2D eigenvalue weighted by atomic mass is 16.5.